The van der Waals surface area contributed by atoms with Crippen LogP contribution in [0.4, 0.5) is 5.69 Å². The Hall–Kier alpha value is -3.59. The fourth-order valence-corrected chi connectivity index (χ4v) is 4.08. The van der Waals surface area contributed by atoms with E-state index in [-0.39, 0.29) is 11.7 Å². The number of methoxy groups -OCH3 is 1. The van der Waals surface area contributed by atoms with Gasteiger partial charge in [-0.3, -0.25) is 9.52 Å². The topological polar surface area (TPSA) is 101 Å². The number of nitrogens with zero attached hydrogens (tertiary/aromatic N) is 2. The predicted octanol–water partition coefficient (Wildman–Crippen LogP) is 3.65. The number of anilines is 1. The Balaban J connectivity index is 1.77. The van der Waals surface area contributed by atoms with Crippen LogP contribution in [0.5, 0.6) is 5.75 Å². The summed E-state index contributed by atoms with van der Waals surface area (Å²) in [6, 6.07) is 17.2. The molecule has 4 rings (SSSR count). The van der Waals surface area contributed by atoms with Crippen LogP contribution in [0.2, 0.25) is 0 Å². The molecule has 0 bridgehead atoms. The highest BCUT2D eigenvalue weighted by Gasteiger charge is 2.35. The molecule has 1 aliphatic rings. The molecule has 1 N–H and O–H groups in total. The summed E-state index contributed by atoms with van der Waals surface area (Å²) in [7, 11) is -1.91. The van der Waals surface area contributed by atoms with E-state index in [4.69, 9.17) is 9.15 Å². The van der Waals surface area contributed by atoms with Crippen LogP contribution in [0.3, 0.4) is 0 Å². The lowest BCUT2D eigenvalue weighted by atomic mass is 9.97. The summed E-state index contributed by atoms with van der Waals surface area (Å²) in [5.74, 6) is 0.442. The summed E-state index contributed by atoms with van der Waals surface area (Å²) in [5.41, 5.74) is 2.43. The minimum atomic E-state index is -3.49. The van der Waals surface area contributed by atoms with Crippen molar-refractivity contribution in [2.45, 2.75) is 12.5 Å². The number of para-hydroxylation sites is 1. The number of carbonyl (C=O) groups is 1. The molecule has 0 spiro atoms. The standard InChI is InChI=1S/C22H21N3O5S/c1-29-16-8-5-7-15(13-16)20-14-19(23-25(20)22(26)21-11-6-12-30-21)17-9-3-4-10-18(17)24-31(2,27)28/h3-13,20,24H,14H2,1-2H3/t20-/m0/s1. The van der Waals surface area contributed by atoms with Gasteiger partial charge in [0.2, 0.25) is 10.0 Å². The summed E-state index contributed by atoms with van der Waals surface area (Å²) in [4.78, 5) is 13.1. The molecule has 31 heavy (non-hydrogen) atoms. The third-order valence-electron chi connectivity index (χ3n) is 4.86. The van der Waals surface area contributed by atoms with Gasteiger partial charge in [0, 0.05) is 12.0 Å². The van der Waals surface area contributed by atoms with E-state index in [1.54, 1.807) is 43.5 Å². The van der Waals surface area contributed by atoms with Gasteiger partial charge >= 0.3 is 5.91 Å². The van der Waals surface area contributed by atoms with Gasteiger partial charge in [0.1, 0.15) is 5.75 Å². The lowest BCUT2D eigenvalue weighted by molar-refractivity contribution is 0.0678. The largest absolute Gasteiger partial charge is 0.497 e. The Morgan fingerprint density at radius 2 is 1.97 bits per heavy atom. The third-order valence-corrected chi connectivity index (χ3v) is 5.45. The highest BCUT2D eigenvalue weighted by molar-refractivity contribution is 7.92. The van der Waals surface area contributed by atoms with Gasteiger partial charge in [-0.2, -0.15) is 5.10 Å². The molecule has 1 atom stereocenters. The summed E-state index contributed by atoms with van der Waals surface area (Å²) in [6.07, 6.45) is 2.91. The Morgan fingerprint density at radius 1 is 1.16 bits per heavy atom. The summed E-state index contributed by atoms with van der Waals surface area (Å²) < 4.78 is 36.8. The van der Waals surface area contributed by atoms with Gasteiger partial charge in [0.05, 0.1) is 37.1 Å². The molecular weight excluding hydrogens is 418 g/mol. The first-order valence-electron chi connectivity index (χ1n) is 9.51. The van der Waals surface area contributed by atoms with Crippen molar-refractivity contribution in [2.75, 3.05) is 18.1 Å². The van der Waals surface area contributed by atoms with Crippen molar-refractivity contribution >= 4 is 27.3 Å². The molecule has 9 heteroatoms. The normalized spacial score (nSPS) is 16.1. The Bertz CT molecular complexity index is 1240. The van der Waals surface area contributed by atoms with Crippen molar-refractivity contribution in [1.82, 2.24) is 5.01 Å². The number of hydrogen-bond acceptors (Lipinski definition) is 6. The Labute approximate surface area is 180 Å². The minimum Gasteiger partial charge on any atom is -0.497 e. The fraction of sp³-hybridized carbons (Fsp3) is 0.182. The van der Waals surface area contributed by atoms with Crippen molar-refractivity contribution in [3.63, 3.8) is 0 Å². The van der Waals surface area contributed by atoms with E-state index in [0.29, 0.717) is 29.1 Å². The highest BCUT2D eigenvalue weighted by Crippen LogP contribution is 2.36. The van der Waals surface area contributed by atoms with E-state index in [1.165, 1.54) is 11.3 Å². The quantitative estimate of drug-likeness (QED) is 0.632. The van der Waals surface area contributed by atoms with Crippen molar-refractivity contribution in [3.8, 4) is 5.75 Å². The number of amides is 1. The molecule has 0 saturated heterocycles. The Morgan fingerprint density at radius 3 is 2.68 bits per heavy atom. The zero-order valence-corrected chi connectivity index (χ0v) is 17.8. The number of hydrazone groups is 1. The van der Waals surface area contributed by atoms with Crippen LogP contribution in [-0.4, -0.2) is 38.4 Å². The van der Waals surface area contributed by atoms with Crippen molar-refractivity contribution in [2.24, 2.45) is 5.10 Å². The van der Waals surface area contributed by atoms with Crippen molar-refractivity contribution in [3.05, 3.63) is 83.8 Å². The molecule has 3 aromatic rings. The average molecular weight is 439 g/mol. The number of benzene rings is 2. The van der Waals surface area contributed by atoms with Gasteiger partial charge in [-0.1, -0.05) is 30.3 Å². The molecule has 0 fully saturated rings. The van der Waals surface area contributed by atoms with E-state index < -0.39 is 16.1 Å². The molecule has 2 heterocycles. The van der Waals surface area contributed by atoms with Crippen LogP contribution >= 0.6 is 0 Å². The second kappa shape index (κ2) is 8.27. The molecule has 0 saturated carbocycles. The van der Waals surface area contributed by atoms with Crippen LogP contribution in [0.15, 0.2) is 76.4 Å². The number of nitrogens with one attached hydrogen (secondary N) is 1. The maximum absolute atomic E-state index is 13.1. The number of furan rings is 1. The highest BCUT2D eigenvalue weighted by atomic mass is 32.2. The predicted molar refractivity (Wildman–Crippen MR) is 117 cm³/mol. The molecular formula is C22H21N3O5S. The molecule has 0 radical (unpaired) electrons. The van der Waals surface area contributed by atoms with Gasteiger partial charge < -0.3 is 9.15 Å². The van der Waals surface area contributed by atoms with Gasteiger partial charge in [-0.25, -0.2) is 13.4 Å². The van der Waals surface area contributed by atoms with E-state index in [2.05, 4.69) is 9.82 Å². The number of rotatable bonds is 6. The van der Waals surface area contributed by atoms with Gasteiger partial charge in [-0.15, -0.1) is 0 Å². The summed E-state index contributed by atoms with van der Waals surface area (Å²) in [6.45, 7) is 0. The Kier molecular flexibility index (Phi) is 5.51. The molecule has 1 aromatic heterocycles. The average Bonchev–Trinajstić information content (AvgIpc) is 3.43. The van der Waals surface area contributed by atoms with E-state index in [9.17, 15) is 13.2 Å². The van der Waals surface area contributed by atoms with Crippen LogP contribution in [0, 0.1) is 0 Å². The van der Waals surface area contributed by atoms with E-state index >= 15 is 0 Å². The lowest BCUT2D eigenvalue weighted by Crippen LogP contribution is -2.26. The molecule has 1 amide bonds. The lowest BCUT2D eigenvalue weighted by Gasteiger charge is -2.21. The number of sulfonamides is 1. The zero-order chi connectivity index (χ0) is 22.0. The minimum absolute atomic E-state index is 0.167. The van der Waals surface area contributed by atoms with Gasteiger partial charge in [-0.05, 0) is 35.9 Å². The van der Waals surface area contributed by atoms with Crippen LogP contribution in [0.25, 0.3) is 0 Å². The smallest absolute Gasteiger partial charge is 0.310 e. The first kappa shape index (κ1) is 20.7. The second-order valence-electron chi connectivity index (χ2n) is 7.09. The monoisotopic (exact) mass is 439 g/mol. The van der Waals surface area contributed by atoms with Gasteiger partial charge in [0.15, 0.2) is 5.76 Å². The number of hydrogen-bond donors (Lipinski definition) is 1. The number of carbonyl (C=O) groups excluding carboxylic acids is 1. The summed E-state index contributed by atoms with van der Waals surface area (Å²) >= 11 is 0. The molecule has 1 aliphatic heterocycles. The van der Waals surface area contributed by atoms with E-state index in [0.717, 1.165) is 11.8 Å². The van der Waals surface area contributed by atoms with Crippen LogP contribution in [-0.2, 0) is 10.0 Å². The third kappa shape index (κ3) is 4.46. The number of ether oxygens (including phenoxy) is 1. The second-order valence-corrected chi connectivity index (χ2v) is 8.84. The molecule has 160 valence electrons. The molecule has 0 aliphatic carbocycles. The van der Waals surface area contributed by atoms with Crippen LogP contribution < -0.4 is 9.46 Å². The summed E-state index contributed by atoms with van der Waals surface area (Å²) in [5, 5.41) is 5.96. The van der Waals surface area contributed by atoms with Crippen molar-refractivity contribution < 1.29 is 22.4 Å². The SMILES string of the molecule is COc1cccc([C@@H]2CC(c3ccccc3NS(C)(=O)=O)=NN2C(=O)c2ccco2)c1. The van der Waals surface area contributed by atoms with E-state index in [1.807, 2.05) is 24.3 Å². The van der Waals surface area contributed by atoms with Gasteiger partial charge in [0.25, 0.3) is 0 Å². The fourth-order valence-electron chi connectivity index (χ4n) is 3.51. The molecule has 8 nitrogen and oxygen atoms in total. The maximum atomic E-state index is 13.1. The van der Waals surface area contributed by atoms with Crippen molar-refractivity contribution in [1.29, 1.82) is 0 Å². The molecule has 0 unspecified atom stereocenters. The zero-order valence-electron chi connectivity index (χ0n) is 17.0. The first-order chi connectivity index (χ1) is 14.9. The molecule has 2 aromatic carbocycles. The maximum Gasteiger partial charge on any atom is 0.310 e. The first-order valence-corrected chi connectivity index (χ1v) is 11.4. The van der Waals surface area contributed by atoms with Crippen LogP contribution in [0.1, 0.15) is 34.1 Å².